The molecule has 7 nitrogen and oxygen atoms in total. The molecule has 0 aliphatic carbocycles. The summed E-state index contributed by atoms with van der Waals surface area (Å²) < 4.78 is 5.31. The Morgan fingerprint density at radius 1 is 1.16 bits per heavy atom. The van der Waals surface area contributed by atoms with Crippen LogP contribution in [0.25, 0.3) is 10.9 Å². The Morgan fingerprint density at radius 3 is 2.71 bits per heavy atom. The summed E-state index contributed by atoms with van der Waals surface area (Å²) in [6.07, 6.45) is 3.15. The van der Waals surface area contributed by atoms with E-state index < -0.39 is 11.8 Å². The zero-order chi connectivity index (χ0) is 21.8. The number of fused-ring (bicyclic) bond motifs is 1. The quantitative estimate of drug-likeness (QED) is 0.436. The van der Waals surface area contributed by atoms with Crippen molar-refractivity contribution in [3.05, 3.63) is 77.0 Å². The third-order valence-electron chi connectivity index (χ3n) is 5.82. The van der Waals surface area contributed by atoms with Gasteiger partial charge in [-0.2, -0.15) is 0 Å². The molecule has 1 aromatic heterocycles. The smallest absolute Gasteiger partial charge is 0.251 e. The molecule has 2 atom stereocenters. The predicted molar refractivity (Wildman–Crippen MR) is 116 cm³/mol. The van der Waals surface area contributed by atoms with Gasteiger partial charge < -0.3 is 10.1 Å². The number of nitrogens with one attached hydrogen (secondary N) is 2. The van der Waals surface area contributed by atoms with Gasteiger partial charge in [0.1, 0.15) is 0 Å². The van der Waals surface area contributed by atoms with Gasteiger partial charge in [0.05, 0.1) is 18.0 Å². The van der Waals surface area contributed by atoms with E-state index in [-0.39, 0.29) is 18.6 Å². The number of aryl methyl sites for hydroxylation is 1. The van der Waals surface area contributed by atoms with Crippen LogP contribution < -0.4 is 10.8 Å². The molecule has 160 valence electrons. The van der Waals surface area contributed by atoms with Gasteiger partial charge in [0.25, 0.3) is 11.8 Å². The Morgan fingerprint density at radius 2 is 1.94 bits per heavy atom. The van der Waals surface area contributed by atoms with E-state index in [1.807, 2.05) is 36.5 Å². The van der Waals surface area contributed by atoms with E-state index in [2.05, 4.69) is 23.3 Å². The van der Waals surface area contributed by atoms with Gasteiger partial charge in [0.2, 0.25) is 0 Å². The van der Waals surface area contributed by atoms with Gasteiger partial charge >= 0.3 is 0 Å². The first-order chi connectivity index (χ1) is 15.1. The van der Waals surface area contributed by atoms with E-state index in [1.165, 1.54) is 5.56 Å². The lowest BCUT2D eigenvalue weighted by atomic mass is 9.94. The van der Waals surface area contributed by atoms with Crippen molar-refractivity contribution in [1.29, 1.82) is 0 Å². The molecule has 2 heterocycles. The Balaban J connectivity index is 1.48. The summed E-state index contributed by atoms with van der Waals surface area (Å²) in [5, 5.41) is 13.0. The number of nitrogens with zero attached hydrogens (tertiary/aromatic N) is 1. The lowest BCUT2D eigenvalue weighted by Crippen LogP contribution is -2.51. The molecule has 0 saturated carbocycles. The van der Waals surface area contributed by atoms with Gasteiger partial charge in [-0.25, -0.2) is 5.48 Å². The van der Waals surface area contributed by atoms with Crippen LogP contribution in [0.15, 0.2) is 54.7 Å². The number of ether oxygens (including phenoxy) is 1. The van der Waals surface area contributed by atoms with Crippen LogP contribution in [0.1, 0.15) is 33.5 Å². The summed E-state index contributed by atoms with van der Waals surface area (Å²) >= 11 is 0. The molecule has 1 aliphatic rings. The molecule has 0 bridgehead atoms. The fourth-order valence-corrected chi connectivity index (χ4v) is 4.01. The fraction of sp³-hybridized carbons (Fsp3) is 0.292. The average Bonchev–Trinajstić information content (AvgIpc) is 2.81. The molecule has 2 amide bonds. The standard InChI is InChI=1S/C24H25N3O4/c1-15-13-25-21-5-3-2-4-18(21)19(15)12-16-6-8-17(9-7-16)23(28)26-22-10-11-31-14-20(22)24(29)27-30/h2-9,13,20,22,30H,10-12,14H2,1H3,(H,26,28)(H,27,29)/t20-,22+/m0/s1. The van der Waals surface area contributed by atoms with Crippen molar-refractivity contribution in [2.24, 2.45) is 5.92 Å². The van der Waals surface area contributed by atoms with Gasteiger partial charge in [0.15, 0.2) is 0 Å². The Bertz CT molecular complexity index is 1100. The molecule has 0 spiro atoms. The molecule has 3 N–H and O–H groups in total. The first-order valence-electron chi connectivity index (χ1n) is 10.3. The first-order valence-corrected chi connectivity index (χ1v) is 10.3. The van der Waals surface area contributed by atoms with Crippen LogP contribution in [0.3, 0.4) is 0 Å². The van der Waals surface area contributed by atoms with Crippen LogP contribution in [-0.2, 0) is 16.0 Å². The number of hydrogen-bond acceptors (Lipinski definition) is 5. The van der Waals surface area contributed by atoms with E-state index >= 15 is 0 Å². The van der Waals surface area contributed by atoms with Crippen molar-refractivity contribution in [1.82, 2.24) is 15.8 Å². The second kappa shape index (κ2) is 9.24. The summed E-state index contributed by atoms with van der Waals surface area (Å²) in [4.78, 5) is 29.0. The summed E-state index contributed by atoms with van der Waals surface area (Å²) in [7, 11) is 0. The molecule has 2 aromatic carbocycles. The molecule has 1 aliphatic heterocycles. The Kier molecular flexibility index (Phi) is 6.25. The SMILES string of the molecule is Cc1cnc2ccccc2c1Cc1ccc(C(=O)N[C@@H]2CCOC[C@@H]2C(=O)NO)cc1. The van der Waals surface area contributed by atoms with Gasteiger partial charge in [-0.15, -0.1) is 0 Å². The Labute approximate surface area is 180 Å². The maximum Gasteiger partial charge on any atom is 0.251 e. The van der Waals surface area contributed by atoms with E-state index in [0.717, 1.165) is 28.5 Å². The van der Waals surface area contributed by atoms with Crippen molar-refractivity contribution in [3.8, 4) is 0 Å². The number of carbonyl (C=O) groups excluding carboxylic acids is 2. The molecule has 4 rings (SSSR count). The predicted octanol–water partition coefficient (Wildman–Crippen LogP) is 2.77. The number of pyridine rings is 1. The topological polar surface area (TPSA) is 101 Å². The maximum atomic E-state index is 12.7. The molecule has 3 aromatic rings. The van der Waals surface area contributed by atoms with Crippen LogP contribution >= 0.6 is 0 Å². The highest BCUT2D eigenvalue weighted by Crippen LogP contribution is 2.23. The molecule has 0 radical (unpaired) electrons. The first kappa shape index (κ1) is 21.0. The number of aromatic nitrogens is 1. The van der Waals surface area contributed by atoms with E-state index in [1.54, 1.807) is 17.6 Å². The van der Waals surface area contributed by atoms with Crippen molar-refractivity contribution in [2.45, 2.75) is 25.8 Å². The van der Waals surface area contributed by atoms with Crippen LogP contribution in [0, 0.1) is 12.8 Å². The molecule has 31 heavy (non-hydrogen) atoms. The zero-order valence-electron chi connectivity index (χ0n) is 17.3. The lowest BCUT2D eigenvalue weighted by Gasteiger charge is -2.30. The third kappa shape index (κ3) is 4.57. The highest BCUT2D eigenvalue weighted by Gasteiger charge is 2.32. The fourth-order valence-electron chi connectivity index (χ4n) is 4.01. The lowest BCUT2D eigenvalue weighted by molar-refractivity contribution is -0.138. The van der Waals surface area contributed by atoms with Crippen LogP contribution in [-0.4, -0.2) is 41.3 Å². The van der Waals surface area contributed by atoms with Crippen molar-refractivity contribution >= 4 is 22.7 Å². The number of amides is 2. The number of rotatable bonds is 5. The van der Waals surface area contributed by atoms with Crippen LogP contribution in [0.2, 0.25) is 0 Å². The maximum absolute atomic E-state index is 12.7. The summed E-state index contributed by atoms with van der Waals surface area (Å²) in [5.41, 5.74) is 6.60. The normalized spacial score (nSPS) is 18.5. The number of benzene rings is 2. The summed E-state index contributed by atoms with van der Waals surface area (Å²) in [5.74, 6) is -1.43. The number of hydrogen-bond donors (Lipinski definition) is 3. The zero-order valence-corrected chi connectivity index (χ0v) is 17.3. The highest BCUT2D eigenvalue weighted by atomic mass is 16.5. The second-order valence-corrected chi connectivity index (χ2v) is 7.84. The number of hydroxylamine groups is 1. The van der Waals surface area contributed by atoms with Crippen LogP contribution in [0.5, 0.6) is 0 Å². The minimum atomic E-state index is -0.620. The summed E-state index contributed by atoms with van der Waals surface area (Å²) in [6.45, 7) is 2.68. The minimum absolute atomic E-state index is 0.162. The van der Waals surface area contributed by atoms with Crippen molar-refractivity contribution in [2.75, 3.05) is 13.2 Å². The largest absolute Gasteiger partial charge is 0.380 e. The molecule has 7 heteroatoms. The number of para-hydroxylation sites is 1. The molecule has 0 unspecified atom stereocenters. The minimum Gasteiger partial charge on any atom is -0.380 e. The van der Waals surface area contributed by atoms with E-state index in [4.69, 9.17) is 9.94 Å². The van der Waals surface area contributed by atoms with Gasteiger partial charge in [-0.05, 0) is 54.7 Å². The number of carbonyl (C=O) groups is 2. The van der Waals surface area contributed by atoms with Crippen LogP contribution in [0.4, 0.5) is 0 Å². The second-order valence-electron chi connectivity index (χ2n) is 7.84. The van der Waals surface area contributed by atoms with Gasteiger partial charge in [0, 0.05) is 29.8 Å². The van der Waals surface area contributed by atoms with E-state index in [0.29, 0.717) is 18.6 Å². The van der Waals surface area contributed by atoms with Gasteiger partial charge in [-0.3, -0.25) is 19.8 Å². The highest BCUT2D eigenvalue weighted by molar-refractivity contribution is 5.95. The molecule has 1 fully saturated rings. The Hall–Kier alpha value is -3.29. The third-order valence-corrected chi connectivity index (χ3v) is 5.82. The molecule has 1 saturated heterocycles. The van der Waals surface area contributed by atoms with Crippen molar-refractivity contribution in [3.63, 3.8) is 0 Å². The van der Waals surface area contributed by atoms with E-state index in [9.17, 15) is 9.59 Å². The monoisotopic (exact) mass is 419 g/mol. The molecular weight excluding hydrogens is 394 g/mol. The van der Waals surface area contributed by atoms with Gasteiger partial charge in [-0.1, -0.05) is 30.3 Å². The van der Waals surface area contributed by atoms with Crippen molar-refractivity contribution < 1.29 is 19.5 Å². The average molecular weight is 419 g/mol. The summed E-state index contributed by atoms with van der Waals surface area (Å²) in [6, 6.07) is 15.2. The molecular formula is C24H25N3O4.